The van der Waals surface area contributed by atoms with E-state index in [1.54, 1.807) is 0 Å². The summed E-state index contributed by atoms with van der Waals surface area (Å²) in [6.07, 6.45) is 2.51. The Hall–Kier alpha value is -0.0400. The lowest BCUT2D eigenvalue weighted by Gasteiger charge is -2.40. The molecule has 1 atom stereocenters. The maximum Gasteiger partial charge on any atom is 0.00668 e. The molecular weight excluding hydrogens is 170 g/mol. The van der Waals surface area contributed by atoms with Gasteiger partial charge in [-0.3, -0.25) is 0 Å². The molecule has 0 saturated carbocycles. The van der Waals surface area contributed by atoms with Crippen molar-refractivity contribution in [2.24, 2.45) is 17.3 Å². The van der Waals surface area contributed by atoms with E-state index in [1.807, 2.05) is 0 Å². The molecule has 0 aromatic heterocycles. The fourth-order valence-corrected chi connectivity index (χ4v) is 2.12. The standard InChI is InChI=1S/C13H29N/c1-8-12(14-7)9-13(6,10(2)3)11(4)5/h10-12,14H,8-9H2,1-7H3. The fourth-order valence-electron chi connectivity index (χ4n) is 2.12. The van der Waals surface area contributed by atoms with Crippen molar-refractivity contribution < 1.29 is 0 Å². The molecule has 0 aliphatic carbocycles. The van der Waals surface area contributed by atoms with E-state index in [0.717, 1.165) is 11.8 Å². The van der Waals surface area contributed by atoms with Crippen LogP contribution in [0.25, 0.3) is 0 Å². The van der Waals surface area contributed by atoms with Gasteiger partial charge < -0.3 is 5.32 Å². The van der Waals surface area contributed by atoms with Crippen LogP contribution in [0.15, 0.2) is 0 Å². The zero-order valence-electron chi connectivity index (χ0n) is 11.1. The lowest BCUT2D eigenvalue weighted by Crippen LogP contribution is -2.38. The van der Waals surface area contributed by atoms with Gasteiger partial charge in [-0.2, -0.15) is 0 Å². The molecule has 0 aromatic rings. The van der Waals surface area contributed by atoms with Crippen LogP contribution in [-0.2, 0) is 0 Å². The van der Waals surface area contributed by atoms with E-state index >= 15 is 0 Å². The highest BCUT2D eigenvalue weighted by atomic mass is 14.9. The van der Waals surface area contributed by atoms with Gasteiger partial charge in [0.15, 0.2) is 0 Å². The third-order valence-electron chi connectivity index (χ3n) is 4.23. The first-order chi connectivity index (χ1) is 6.38. The summed E-state index contributed by atoms with van der Waals surface area (Å²) in [7, 11) is 2.08. The quantitative estimate of drug-likeness (QED) is 0.688. The minimum atomic E-state index is 0.462. The zero-order valence-corrected chi connectivity index (χ0v) is 11.1. The highest BCUT2D eigenvalue weighted by Crippen LogP contribution is 2.40. The highest BCUT2D eigenvalue weighted by Gasteiger charge is 2.33. The normalized spacial score (nSPS) is 15.2. The van der Waals surface area contributed by atoms with E-state index in [2.05, 4.69) is 53.9 Å². The van der Waals surface area contributed by atoms with Gasteiger partial charge in [0.2, 0.25) is 0 Å². The monoisotopic (exact) mass is 199 g/mol. The maximum atomic E-state index is 3.42. The van der Waals surface area contributed by atoms with Crippen LogP contribution < -0.4 is 5.32 Å². The first kappa shape index (κ1) is 14.0. The van der Waals surface area contributed by atoms with Crippen molar-refractivity contribution in [2.45, 2.75) is 60.4 Å². The molecule has 0 saturated heterocycles. The molecule has 0 aliphatic heterocycles. The number of hydrogen-bond donors (Lipinski definition) is 1. The Kier molecular flexibility index (Phi) is 5.73. The Morgan fingerprint density at radius 1 is 1.07 bits per heavy atom. The molecule has 0 spiro atoms. The lowest BCUT2D eigenvalue weighted by molar-refractivity contribution is 0.106. The maximum absolute atomic E-state index is 3.42. The van der Waals surface area contributed by atoms with Gasteiger partial charge in [-0.05, 0) is 37.1 Å². The van der Waals surface area contributed by atoms with E-state index in [9.17, 15) is 0 Å². The van der Waals surface area contributed by atoms with Gasteiger partial charge in [-0.1, -0.05) is 41.5 Å². The number of nitrogens with one attached hydrogen (secondary N) is 1. The van der Waals surface area contributed by atoms with Crippen molar-refractivity contribution in [3.05, 3.63) is 0 Å². The second kappa shape index (κ2) is 5.75. The molecule has 0 aromatic carbocycles. The summed E-state index contributed by atoms with van der Waals surface area (Å²) in [4.78, 5) is 0. The van der Waals surface area contributed by atoms with E-state index in [1.165, 1.54) is 12.8 Å². The summed E-state index contributed by atoms with van der Waals surface area (Å²) >= 11 is 0. The lowest BCUT2D eigenvalue weighted by atomic mass is 9.66. The Balaban J connectivity index is 4.51. The van der Waals surface area contributed by atoms with E-state index in [4.69, 9.17) is 0 Å². The summed E-state index contributed by atoms with van der Waals surface area (Å²) in [5, 5.41) is 3.42. The summed E-state index contributed by atoms with van der Waals surface area (Å²) in [5.74, 6) is 1.51. The van der Waals surface area contributed by atoms with Gasteiger partial charge in [-0.25, -0.2) is 0 Å². The largest absolute Gasteiger partial charge is 0.317 e. The van der Waals surface area contributed by atoms with Crippen molar-refractivity contribution >= 4 is 0 Å². The summed E-state index contributed by atoms with van der Waals surface area (Å²) < 4.78 is 0. The van der Waals surface area contributed by atoms with Crippen LogP contribution in [0, 0.1) is 17.3 Å². The topological polar surface area (TPSA) is 12.0 Å². The first-order valence-corrected chi connectivity index (χ1v) is 6.05. The molecule has 0 rings (SSSR count). The van der Waals surface area contributed by atoms with Crippen LogP contribution in [0.3, 0.4) is 0 Å². The third kappa shape index (κ3) is 3.27. The van der Waals surface area contributed by atoms with Crippen LogP contribution in [0.4, 0.5) is 0 Å². The Morgan fingerprint density at radius 2 is 1.50 bits per heavy atom. The van der Waals surface area contributed by atoms with E-state index in [0.29, 0.717) is 11.5 Å². The Bertz CT molecular complexity index is 137. The van der Waals surface area contributed by atoms with Gasteiger partial charge >= 0.3 is 0 Å². The summed E-state index contributed by atoms with van der Waals surface area (Å²) in [6, 6.07) is 0.671. The Labute approximate surface area is 90.7 Å². The van der Waals surface area contributed by atoms with Crippen LogP contribution in [0.5, 0.6) is 0 Å². The average molecular weight is 199 g/mol. The molecule has 1 N–H and O–H groups in total. The Morgan fingerprint density at radius 3 is 1.71 bits per heavy atom. The second-order valence-electron chi connectivity index (χ2n) is 5.41. The molecule has 1 unspecified atom stereocenters. The molecule has 0 amide bonds. The van der Waals surface area contributed by atoms with Crippen molar-refractivity contribution in [3.63, 3.8) is 0 Å². The second-order valence-corrected chi connectivity index (χ2v) is 5.41. The van der Waals surface area contributed by atoms with E-state index < -0.39 is 0 Å². The molecule has 0 heterocycles. The number of hydrogen-bond acceptors (Lipinski definition) is 1. The van der Waals surface area contributed by atoms with Crippen LogP contribution in [-0.4, -0.2) is 13.1 Å². The molecule has 0 bridgehead atoms. The van der Waals surface area contributed by atoms with Crippen LogP contribution >= 0.6 is 0 Å². The minimum Gasteiger partial charge on any atom is -0.317 e. The van der Waals surface area contributed by atoms with Crippen molar-refractivity contribution in [2.75, 3.05) is 7.05 Å². The average Bonchev–Trinajstić information content (AvgIpc) is 2.13. The van der Waals surface area contributed by atoms with Crippen LogP contribution in [0.1, 0.15) is 54.4 Å². The molecule has 14 heavy (non-hydrogen) atoms. The fraction of sp³-hybridized carbons (Fsp3) is 1.00. The van der Waals surface area contributed by atoms with E-state index in [-0.39, 0.29) is 0 Å². The molecular formula is C13H29N. The minimum absolute atomic E-state index is 0.462. The molecule has 86 valence electrons. The van der Waals surface area contributed by atoms with Gasteiger partial charge in [0, 0.05) is 6.04 Å². The molecule has 0 radical (unpaired) electrons. The molecule has 0 fully saturated rings. The smallest absolute Gasteiger partial charge is 0.00668 e. The predicted molar refractivity (Wildman–Crippen MR) is 65.5 cm³/mol. The summed E-state index contributed by atoms with van der Waals surface area (Å²) in [5.41, 5.74) is 0.462. The molecule has 1 nitrogen and oxygen atoms in total. The third-order valence-corrected chi connectivity index (χ3v) is 4.23. The predicted octanol–water partition coefficient (Wildman–Crippen LogP) is 3.69. The van der Waals surface area contributed by atoms with Crippen molar-refractivity contribution in [3.8, 4) is 0 Å². The molecule has 0 aliphatic rings. The van der Waals surface area contributed by atoms with Crippen molar-refractivity contribution in [1.82, 2.24) is 5.32 Å². The van der Waals surface area contributed by atoms with Gasteiger partial charge in [0.05, 0.1) is 0 Å². The van der Waals surface area contributed by atoms with Gasteiger partial charge in [0.1, 0.15) is 0 Å². The van der Waals surface area contributed by atoms with Crippen LogP contribution in [0.2, 0.25) is 0 Å². The van der Waals surface area contributed by atoms with Gasteiger partial charge in [0.25, 0.3) is 0 Å². The molecule has 1 heteroatoms. The van der Waals surface area contributed by atoms with Crippen molar-refractivity contribution in [1.29, 1.82) is 0 Å². The number of rotatable bonds is 6. The SMILES string of the molecule is CCC(CC(C)(C(C)C)C(C)C)NC. The highest BCUT2D eigenvalue weighted by molar-refractivity contribution is 4.85. The summed E-state index contributed by atoms with van der Waals surface area (Å²) in [6.45, 7) is 14.1. The first-order valence-electron chi connectivity index (χ1n) is 6.05. The van der Waals surface area contributed by atoms with Gasteiger partial charge in [-0.15, -0.1) is 0 Å². The zero-order chi connectivity index (χ0) is 11.4.